The first kappa shape index (κ1) is 25.8. The van der Waals surface area contributed by atoms with Gasteiger partial charge in [0.2, 0.25) is 0 Å². The Labute approximate surface area is 161 Å². The molecule has 5 nitrogen and oxygen atoms in total. The van der Waals surface area contributed by atoms with Gasteiger partial charge in [0.25, 0.3) is 0 Å². The average Bonchev–Trinajstić information content (AvgIpc) is 2.58. The summed E-state index contributed by atoms with van der Waals surface area (Å²) < 4.78 is 22.2. The van der Waals surface area contributed by atoms with Gasteiger partial charge >= 0.3 is 161 Å². The summed E-state index contributed by atoms with van der Waals surface area (Å²) in [6.45, 7) is 8.98. The van der Waals surface area contributed by atoms with Gasteiger partial charge < -0.3 is 0 Å². The molecule has 0 aliphatic rings. The summed E-state index contributed by atoms with van der Waals surface area (Å²) in [7, 11) is 1.65. The van der Waals surface area contributed by atoms with Gasteiger partial charge in [0.15, 0.2) is 0 Å². The molecule has 0 atom stereocenters. The molecule has 0 unspecified atom stereocenters. The van der Waals surface area contributed by atoms with Gasteiger partial charge in [-0.05, 0) is 0 Å². The molecular weight excluding hydrogens is 351 g/mol. The number of rotatable bonds is 18. The van der Waals surface area contributed by atoms with E-state index in [4.69, 9.17) is 18.7 Å². The molecule has 26 heavy (non-hydrogen) atoms. The molecule has 0 N–H and O–H groups in total. The summed E-state index contributed by atoms with van der Waals surface area (Å²) in [6.07, 6.45) is 8.95. The summed E-state index contributed by atoms with van der Waals surface area (Å²) in [5, 5.41) is 0. The van der Waals surface area contributed by atoms with E-state index in [0.717, 1.165) is 50.3 Å². The summed E-state index contributed by atoms with van der Waals surface area (Å²) in [5.41, 5.74) is 0. The number of hydrogen-bond acceptors (Lipinski definition) is 5. The van der Waals surface area contributed by atoms with Crippen LogP contribution in [-0.2, 0) is 23.5 Å². The third-order valence-corrected chi connectivity index (χ3v) is 11.8. The van der Waals surface area contributed by atoms with Gasteiger partial charge in [-0.3, -0.25) is 0 Å². The minimum atomic E-state index is -2.43. The third-order valence-electron chi connectivity index (χ3n) is 4.77. The Balaban J connectivity index is 4.57. The molecule has 0 aliphatic carbocycles. The number of carbonyl (C=O) groups is 1. The Morgan fingerprint density at radius 1 is 0.692 bits per heavy atom. The molecule has 0 aliphatic heterocycles. The molecule has 0 saturated carbocycles. The number of ether oxygens (including phenoxy) is 3. The van der Waals surface area contributed by atoms with Crippen LogP contribution in [-0.4, -0.2) is 70.8 Å². The van der Waals surface area contributed by atoms with E-state index in [0.29, 0.717) is 39.5 Å². The van der Waals surface area contributed by atoms with Crippen molar-refractivity contribution in [1.29, 1.82) is 0 Å². The first-order valence-electron chi connectivity index (χ1n) is 10.4. The molecule has 6 heteroatoms. The van der Waals surface area contributed by atoms with E-state index in [-0.39, 0.29) is 5.97 Å². The second kappa shape index (κ2) is 14.8. The van der Waals surface area contributed by atoms with Gasteiger partial charge in [0.1, 0.15) is 0 Å². The predicted octanol–water partition coefficient (Wildman–Crippen LogP) is 4.71. The van der Waals surface area contributed by atoms with Crippen molar-refractivity contribution >= 4 is 12.8 Å². The SMILES string of the molecule is CCCP(CCC)(CCC)(CCC)OC(=O)CCOCCOCCOC. The summed E-state index contributed by atoms with van der Waals surface area (Å²) in [5.74, 6) is -0.0771. The predicted molar refractivity (Wildman–Crippen MR) is 112 cm³/mol. The fourth-order valence-electron chi connectivity index (χ4n) is 4.07. The van der Waals surface area contributed by atoms with Crippen LogP contribution in [0.4, 0.5) is 0 Å². The Hall–Kier alpha value is -0.220. The zero-order chi connectivity index (χ0) is 19.8. The molecule has 158 valence electrons. The van der Waals surface area contributed by atoms with Gasteiger partial charge in [-0.15, -0.1) is 0 Å². The monoisotopic (exact) mass is 394 g/mol. The van der Waals surface area contributed by atoms with E-state index in [1.165, 1.54) is 0 Å². The van der Waals surface area contributed by atoms with Crippen LogP contribution in [0.25, 0.3) is 0 Å². The molecule has 0 heterocycles. The Morgan fingerprint density at radius 3 is 1.54 bits per heavy atom. The van der Waals surface area contributed by atoms with E-state index in [9.17, 15) is 4.79 Å². The second-order valence-electron chi connectivity index (χ2n) is 7.18. The molecular formula is C20H43O5P. The molecule has 0 aromatic carbocycles. The van der Waals surface area contributed by atoms with Crippen molar-refractivity contribution in [2.45, 2.75) is 59.8 Å². The van der Waals surface area contributed by atoms with E-state index in [2.05, 4.69) is 27.7 Å². The van der Waals surface area contributed by atoms with Crippen molar-refractivity contribution in [2.24, 2.45) is 0 Å². The minimum absolute atomic E-state index is 0.0771. The molecule has 0 aromatic heterocycles. The molecule has 0 fully saturated rings. The number of carbonyl (C=O) groups excluding carboxylic acids is 1. The van der Waals surface area contributed by atoms with E-state index in [1.54, 1.807) is 7.11 Å². The van der Waals surface area contributed by atoms with Gasteiger partial charge in [-0.1, -0.05) is 0 Å². The Bertz CT molecular complexity index is 327. The van der Waals surface area contributed by atoms with Gasteiger partial charge in [0, 0.05) is 0 Å². The van der Waals surface area contributed by atoms with Crippen LogP contribution in [0.1, 0.15) is 59.8 Å². The molecule has 0 bridgehead atoms. The third kappa shape index (κ3) is 9.64. The number of methoxy groups -OCH3 is 1. The maximum atomic E-state index is 12.6. The normalized spacial score (nSPS) is 13.3. The van der Waals surface area contributed by atoms with Crippen LogP contribution in [0.3, 0.4) is 0 Å². The molecule has 0 spiro atoms. The van der Waals surface area contributed by atoms with Crippen LogP contribution in [0, 0.1) is 0 Å². The standard InChI is InChI=1S/C20H43O5P/c1-6-16-26(17-7-2,18-8-3,19-9-4)25-20(21)10-11-23-14-15-24-13-12-22-5/h6-19H2,1-5H3. The van der Waals surface area contributed by atoms with Crippen LogP contribution in [0.2, 0.25) is 0 Å². The first-order valence-corrected chi connectivity index (χ1v) is 13.3. The van der Waals surface area contributed by atoms with E-state index in [1.807, 2.05) is 0 Å². The number of hydrogen-bond donors (Lipinski definition) is 0. The van der Waals surface area contributed by atoms with Crippen molar-refractivity contribution in [3.05, 3.63) is 0 Å². The maximum absolute atomic E-state index is 12.6. The fraction of sp³-hybridized carbons (Fsp3) is 0.950. The molecule has 0 saturated heterocycles. The zero-order valence-electron chi connectivity index (χ0n) is 17.9. The summed E-state index contributed by atoms with van der Waals surface area (Å²) in [4.78, 5) is 12.6. The van der Waals surface area contributed by atoms with Crippen LogP contribution >= 0.6 is 6.83 Å². The zero-order valence-corrected chi connectivity index (χ0v) is 18.8. The van der Waals surface area contributed by atoms with Crippen molar-refractivity contribution in [1.82, 2.24) is 0 Å². The molecule has 0 amide bonds. The second-order valence-corrected chi connectivity index (χ2v) is 12.9. The summed E-state index contributed by atoms with van der Waals surface area (Å²) >= 11 is 0. The topological polar surface area (TPSA) is 54.0 Å². The molecule has 0 radical (unpaired) electrons. The fourth-order valence-corrected chi connectivity index (χ4v) is 11.0. The van der Waals surface area contributed by atoms with Gasteiger partial charge in [0.05, 0.1) is 0 Å². The van der Waals surface area contributed by atoms with Crippen LogP contribution < -0.4 is 0 Å². The van der Waals surface area contributed by atoms with Crippen molar-refractivity contribution in [3.63, 3.8) is 0 Å². The van der Waals surface area contributed by atoms with Crippen molar-refractivity contribution < 1.29 is 23.5 Å². The Morgan fingerprint density at radius 2 is 1.12 bits per heavy atom. The van der Waals surface area contributed by atoms with Crippen LogP contribution in [0.5, 0.6) is 0 Å². The first-order chi connectivity index (χ1) is 12.5. The quantitative estimate of drug-likeness (QED) is 0.249. The Kier molecular flexibility index (Phi) is 14.7. The van der Waals surface area contributed by atoms with E-state index < -0.39 is 6.83 Å². The molecule has 0 aromatic rings. The van der Waals surface area contributed by atoms with Gasteiger partial charge in [-0.2, -0.15) is 0 Å². The summed E-state index contributed by atoms with van der Waals surface area (Å²) in [6, 6.07) is 0. The van der Waals surface area contributed by atoms with E-state index >= 15 is 0 Å². The molecule has 0 rings (SSSR count). The van der Waals surface area contributed by atoms with Crippen molar-refractivity contribution in [2.75, 3.05) is 64.8 Å². The van der Waals surface area contributed by atoms with Crippen LogP contribution in [0.15, 0.2) is 0 Å². The van der Waals surface area contributed by atoms with Crippen molar-refractivity contribution in [3.8, 4) is 0 Å². The van der Waals surface area contributed by atoms with Gasteiger partial charge in [-0.25, -0.2) is 0 Å². The average molecular weight is 395 g/mol.